The standard InChI is InChI=1S/C24H28ClN5O2/c1-24(2,3)32-23(31)28-13-16-8-10-17(11-9-16)29-15-30-22(20(25)12-26)19-14-27-21-7-5-4-6-18(19)21/h4-12,14,27,29H,13,15,26H2,1-3H3,(H,28,31)/b20-12+,30-22?. The quantitative estimate of drug-likeness (QED) is 0.374. The Hall–Kier alpha value is -3.45. The average Bonchev–Trinajstić information content (AvgIpc) is 3.18. The molecule has 32 heavy (non-hydrogen) atoms. The largest absolute Gasteiger partial charge is 0.444 e. The van der Waals surface area contributed by atoms with E-state index in [-0.39, 0.29) is 0 Å². The number of hydrogen-bond acceptors (Lipinski definition) is 5. The van der Waals surface area contributed by atoms with Gasteiger partial charge in [-0.05, 0) is 44.5 Å². The highest BCUT2D eigenvalue weighted by Crippen LogP contribution is 2.22. The van der Waals surface area contributed by atoms with Gasteiger partial charge in [-0.25, -0.2) is 4.79 Å². The van der Waals surface area contributed by atoms with E-state index in [9.17, 15) is 4.79 Å². The lowest BCUT2D eigenvalue weighted by atomic mass is 10.1. The second kappa shape index (κ2) is 10.2. The Kier molecular flexibility index (Phi) is 7.43. The Morgan fingerprint density at radius 1 is 1.19 bits per heavy atom. The molecule has 8 heteroatoms. The molecule has 1 amide bonds. The first-order valence-electron chi connectivity index (χ1n) is 10.2. The number of nitrogens with one attached hydrogen (secondary N) is 3. The van der Waals surface area contributed by atoms with Gasteiger partial charge in [0.25, 0.3) is 0 Å². The summed E-state index contributed by atoms with van der Waals surface area (Å²) in [5, 5.41) is 7.39. The number of allylic oxidation sites excluding steroid dienone is 1. The molecule has 0 unspecified atom stereocenters. The highest BCUT2D eigenvalue weighted by Gasteiger charge is 2.15. The maximum Gasteiger partial charge on any atom is 0.407 e. The normalized spacial score (nSPS) is 12.6. The molecule has 1 aromatic heterocycles. The number of alkyl carbamates (subject to hydrolysis) is 1. The van der Waals surface area contributed by atoms with E-state index in [0.29, 0.717) is 24.0 Å². The number of hydrogen-bond donors (Lipinski definition) is 4. The molecule has 0 radical (unpaired) electrons. The molecule has 168 valence electrons. The van der Waals surface area contributed by atoms with E-state index in [1.165, 1.54) is 6.20 Å². The Bertz CT molecular complexity index is 1130. The van der Waals surface area contributed by atoms with Crippen molar-refractivity contribution < 1.29 is 9.53 Å². The van der Waals surface area contributed by atoms with Crippen molar-refractivity contribution in [3.8, 4) is 0 Å². The van der Waals surface area contributed by atoms with Gasteiger partial charge in [0.15, 0.2) is 0 Å². The van der Waals surface area contributed by atoms with Gasteiger partial charge in [-0.3, -0.25) is 4.99 Å². The molecule has 0 fully saturated rings. The molecule has 0 atom stereocenters. The summed E-state index contributed by atoms with van der Waals surface area (Å²) in [4.78, 5) is 19.6. The Labute approximate surface area is 192 Å². The van der Waals surface area contributed by atoms with Crippen LogP contribution in [0.5, 0.6) is 0 Å². The fourth-order valence-electron chi connectivity index (χ4n) is 3.07. The first-order chi connectivity index (χ1) is 15.3. The number of nitrogens with two attached hydrogens (primary N) is 1. The summed E-state index contributed by atoms with van der Waals surface area (Å²) < 4.78 is 5.24. The van der Waals surface area contributed by atoms with Crippen LogP contribution in [0, 0.1) is 0 Å². The lowest BCUT2D eigenvalue weighted by molar-refractivity contribution is 0.0523. The van der Waals surface area contributed by atoms with Gasteiger partial charge in [-0.2, -0.15) is 0 Å². The first kappa shape index (κ1) is 23.2. The maximum atomic E-state index is 11.8. The Balaban J connectivity index is 1.63. The second-order valence-electron chi connectivity index (χ2n) is 8.16. The molecule has 0 aliphatic rings. The molecule has 0 aliphatic carbocycles. The molecule has 5 N–H and O–H groups in total. The Morgan fingerprint density at radius 2 is 1.91 bits per heavy atom. The number of benzene rings is 2. The molecule has 0 saturated heterocycles. The second-order valence-corrected chi connectivity index (χ2v) is 8.56. The molecule has 3 rings (SSSR count). The van der Waals surface area contributed by atoms with Crippen molar-refractivity contribution in [1.29, 1.82) is 0 Å². The zero-order valence-electron chi connectivity index (χ0n) is 18.4. The summed E-state index contributed by atoms with van der Waals surface area (Å²) in [7, 11) is 0. The third kappa shape index (κ3) is 6.28. The van der Waals surface area contributed by atoms with Crippen LogP contribution in [-0.2, 0) is 11.3 Å². The molecule has 1 heterocycles. The van der Waals surface area contributed by atoms with Crippen LogP contribution < -0.4 is 16.4 Å². The van der Waals surface area contributed by atoms with E-state index in [2.05, 4.69) is 20.6 Å². The van der Waals surface area contributed by atoms with E-state index in [0.717, 1.165) is 27.7 Å². The molecular formula is C24H28ClN5O2. The van der Waals surface area contributed by atoms with Crippen LogP contribution in [0.2, 0.25) is 0 Å². The van der Waals surface area contributed by atoms with Crippen molar-refractivity contribution in [2.75, 3.05) is 12.0 Å². The first-order valence-corrected chi connectivity index (χ1v) is 10.6. The molecular weight excluding hydrogens is 426 g/mol. The Morgan fingerprint density at radius 3 is 2.59 bits per heavy atom. The van der Waals surface area contributed by atoms with Gasteiger partial charge in [0, 0.05) is 41.1 Å². The number of carbonyl (C=O) groups is 1. The zero-order chi connectivity index (χ0) is 23.1. The summed E-state index contributed by atoms with van der Waals surface area (Å²) in [5.74, 6) is 0. The summed E-state index contributed by atoms with van der Waals surface area (Å²) >= 11 is 6.34. The number of nitrogens with zero attached hydrogens (tertiary/aromatic N) is 1. The van der Waals surface area contributed by atoms with Crippen molar-refractivity contribution in [1.82, 2.24) is 10.3 Å². The van der Waals surface area contributed by atoms with Gasteiger partial charge in [0.05, 0.1) is 10.7 Å². The number of amides is 1. The number of rotatable bonds is 7. The summed E-state index contributed by atoms with van der Waals surface area (Å²) in [5.41, 5.74) is 9.48. The number of aromatic amines is 1. The van der Waals surface area contributed by atoms with Gasteiger partial charge in [-0.15, -0.1) is 0 Å². The predicted octanol–water partition coefficient (Wildman–Crippen LogP) is 5.09. The van der Waals surface area contributed by atoms with E-state index in [1.54, 1.807) is 0 Å². The molecule has 0 spiro atoms. The topological polar surface area (TPSA) is 105 Å². The highest BCUT2D eigenvalue weighted by molar-refractivity contribution is 6.47. The minimum absolute atomic E-state index is 0.314. The van der Waals surface area contributed by atoms with Crippen LogP contribution in [0.15, 0.2) is 71.0 Å². The van der Waals surface area contributed by atoms with Crippen molar-refractivity contribution in [3.05, 3.63) is 77.1 Å². The van der Waals surface area contributed by atoms with Crippen molar-refractivity contribution in [3.63, 3.8) is 0 Å². The number of aromatic nitrogens is 1. The van der Waals surface area contributed by atoms with Gasteiger partial charge in [0.2, 0.25) is 0 Å². The van der Waals surface area contributed by atoms with Crippen LogP contribution in [0.3, 0.4) is 0 Å². The average molecular weight is 454 g/mol. The van der Waals surface area contributed by atoms with Gasteiger partial charge >= 0.3 is 6.09 Å². The molecule has 0 bridgehead atoms. The summed E-state index contributed by atoms with van der Waals surface area (Å²) in [6, 6.07) is 15.6. The van der Waals surface area contributed by atoms with Gasteiger partial charge < -0.3 is 26.1 Å². The number of fused-ring (bicyclic) bond motifs is 1. The number of H-pyrrole nitrogens is 1. The minimum Gasteiger partial charge on any atom is -0.444 e. The third-order valence-electron chi connectivity index (χ3n) is 4.53. The number of carbonyl (C=O) groups excluding carboxylic acids is 1. The summed E-state index contributed by atoms with van der Waals surface area (Å²) in [6.45, 7) is 6.19. The van der Waals surface area contributed by atoms with E-state index < -0.39 is 11.7 Å². The van der Waals surface area contributed by atoms with Gasteiger partial charge in [0.1, 0.15) is 12.3 Å². The van der Waals surface area contributed by atoms with Crippen molar-refractivity contribution in [2.45, 2.75) is 32.9 Å². The van der Waals surface area contributed by atoms with Crippen LogP contribution in [0.4, 0.5) is 10.5 Å². The molecule has 7 nitrogen and oxygen atoms in total. The fraction of sp³-hybridized carbons (Fsp3) is 0.250. The number of halogens is 1. The minimum atomic E-state index is -0.522. The van der Waals surface area contributed by atoms with E-state index in [1.807, 2.05) is 75.5 Å². The van der Waals surface area contributed by atoms with E-state index >= 15 is 0 Å². The molecule has 0 aliphatic heterocycles. The third-order valence-corrected chi connectivity index (χ3v) is 4.83. The SMILES string of the molecule is CC(C)(C)OC(=O)NCc1ccc(NCN=C(/C(Cl)=C\N)c2c[nH]c3ccccc23)cc1. The number of anilines is 1. The highest BCUT2D eigenvalue weighted by atomic mass is 35.5. The number of para-hydroxylation sites is 1. The van der Waals surface area contributed by atoms with Gasteiger partial charge in [-0.1, -0.05) is 41.9 Å². The monoisotopic (exact) mass is 453 g/mol. The van der Waals surface area contributed by atoms with Crippen LogP contribution in [-0.4, -0.2) is 29.1 Å². The van der Waals surface area contributed by atoms with Crippen molar-refractivity contribution >= 4 is 40.0 Å². The maximum absolute atomic E-state index is 11.8. The summed E-state index contributed by atoms with van der Waals surface area (Å²) in [6.07, 6.45) is 2.78. The van der Waals surface area contributed by atoms with Crippen LogP contribution in [0.1, 0.15) is 31.9 Å². The predicted molar refractivity (Wildman–Crippen MR) is 131 cm³/mol. The molecule has 3 aromatic rings. The fourth-order valence-corrected chi connectivity index (χ4v) is 3.24. The van der Waals surface area contributed by atoms with E-state index in [4.69, 9.17) is 22.1 Å². The van der Waals surface area contributed by atoms with Crippen LogP contribution in [0.25, 0.3) is 10.9 Å². The molecule has 0 saturated carbocycles. The number of ether oxygens (including phenoxy) is 1. The molecule has 2 aromatic carbocycles. The van der Waals surface area contributed by atoms with Crippen molar-refractivity contribution in [2.24, 2.45) is 10.7 Å². The zero-order valence-corrected chi connectivity index (χ0v) is 19.2. The smallest absolute Gasteiger partial charge is 0.407 e. The number of aliphatic imine (C=N–C) groups is 1. The lowest BCUT2D eigenvalue weighted by Gasteiger charge is -2.19. The van der Waals surface area contributed by atoms with Crippen LogP contribution >= 0.6 is 11.6 Å². The lowest BCUT2D eigenvalue weighted by Crippen LogP contribution is -2.32.